The molecule has 2 amide bonds. The number of hydrogen-bond acceptors (Lipinski definition) is 3. The fourth-order valence-corrected chi connectivity index (χ4v) is 3.45. The number of halogens is 1. The summed E-state index contributed by atoms with van der Waals surface area (Å²) in [4.78, 5) is 20.0. The summed E-state index contributed by atoms with van der Waals surface area (Å²) in [6.45, 7) is 3.14. The normalized spacial score (nSPS) is 18.1. The molecule has 0 aliphatic carbocycles. The van der Waals surface area contributed by atoms with Crippen molar-refractivity contribution in [3.63, 3.8) is 0 Å². The Labute approximate surface area is 157 Å². The highest BCUT2D eigenvalue weighted by atomic mass is 19.1. The smallest absolute Gasteiger partial charge is 0.321 e. The Morgan fingerprint density at radius 2 is 1.85 bits per heavy atom. The fraction of sp³-hybridized carbons (Fsp3) is 0.286. The largest absolute Gasteiger partial charge is 0.324 e. The number of urea groups is 1. The number of hydroxylamine groups is 1. The molecule has 1 spiro atoms. The van der Waals surface area contributed by atoms with Gasteiger partial charge in [-0.15, -0.1) is 0 Å². The number of benzene rings is 2. The molecule has 140 valence electrons. The van der Waals surface area contributed by atoms with Gasteiger partial charge in [-0.05, 0) is 30.7 Å². The van der Waals surface area contributed by atoms with E-state index in [0.29, 0.717) is 25.9 Å². The van der Waals surface area contributed by atoms with Crippen molar-refractivity contribution in [3.05, 3.63) is 71.6 Å². The Morgan fingerprint density at radius 3 is 2.56 bits per heavy atom. The van der Waals surface area contributed by atoms with Crippen molar-refractivity contribution in [3.8, 4) is 0 Å². The topological polar surface area (TPSA) is 53.6 Å². The highest BCUT2D eigenvalue weighted by Crippen LogP contribution is 2.34. The summed E-state index contributed by atoms with van der Waals surface area (Å²) < 4.78 is 13.7. The molecule has 0 aromatic heterocycles. The molecule has 2 N–H and O–H groups in total. The molecule has 1 saturated heterocycles. The Bertz CT molecular complexity index is 871. The lowest BCUT2D eigenvalue weighted by Crippen LogP contribution is -2.48. The molecule has 1 fully saturated rings. The fourth-order valence-electron chi connectivity index (χ4n) is 3.45. The standard InChI is InChI=1S/C21H22FN3O2/c1-15-6-8-16(9-7-15)19-14-21(27-24-19)10-12-25(13-11-21)20(26)23-18-5-3-2-4-17(18)22/h2-9,14,24H,10-13H2,1H3,(H,23,26). The average Bonchev–Trinajstić information content (AvgIpc) is 3.08. The number of likely N-dealkylation sites (tertiary alicyclic amines) is 1. The number of hydrogen-bond donors (Lipinski definition) is 2. The number of carbonyl (C=O) groups is 1. The van der Waals surface area contributed by atoms with Gasteiger partial charge in [0.2, 0.25) is 0 Å². The second kappa shape index (κ2) is 7.04. The molecule has 5 nitrogen and oxygen atoms in total. The minimum absolute atomic E-state index is 0.197. The number of piperidine rings is 1. The van der Waals surface area contributed by atoms with E-state index < -0.39 is 11.4 Å². The summed E-state index contributed by atoms with van der Waals surface area (Å²) in [5, 5.41) is 2.64. The van der Waals surface area contributed by atoms with E-state index in [9.17, 15) is 9.18 Å². The van der Waals surface area contributed by atoms with Crippen LogP contribution in [0.4, 0.5) is 14.9 Å². The average molecular weight is 367 g/mol. The first-order valence-corrected chi connectivity index (χ1v) is 9.09. The van der Waals surface area contributed by atoms with Gasteiger partial charge < -0.3 is 10.2 Å². The van der Waals surface area contributed by atoms with Crippen LogP contribution in [0.15, 0.2) is 54.6 Å². The third-order valence-corrected chi connectivity index (χ3v) is 5.15. The number of rotatable bonds is 2. The highest BCUT2D eigenvalue weighted by Gasteiger charge is 2.39. The van der Waals surface area contributed by atoms with Crippen molar-refractivity contribution in [1.29, 1.82) is 0 Å². The van der Waals surface area contributed by atoms with Gasteiger partial charge in [0.05, 0.1) is 11.4 Å². The van der Waals surface area contributed by atoms with Crippen LogP contribution in [0.3, 0.4) is 0 Å². The lowest BCUT2D eigenvalue weighted by Gasteiger charge is -2.36. The van der Waals surface area contributed by atoms with Crippen molar-refractivity contribution in [2.75, 3.05) is 18.4 Å². The Kier molecular flexibility index (Phi) is 4.58. The van der Waals surface area contributed by atoms with Gasteiger partial charge in [0.25, 0.3) is 0 Å². The van der Waals surface area contributed by atoms with Crippen LogP contribution in [0, 0.1) is 12.7 Å². The molecule has 6 heteroatoms. The van der Waals surface area contributed by atoms with Gasteiger partial charge in [0.15, 0.2) is 0 Å². The summed E-state index contributed by atoms with van der Waals surface area (Å²) in [5.74, 6) is -0.437. The maximum atomic E-state index is 13.7. The third-order valence-electron chi connectivity index (χ3n) is 5.15. The SMILES string of the molecule is Cc1ccc(C2=CC3(CCN(C(=O)Nc4ccccc4F)CC3)ON2)cc1. The van der Waals surface area contributed by atoms with Gasteiger partial charge in [0.1, 0.15) is 11.4 Å². The van der Waals surface area contributed by atoms with Crippen molar-refractivity contribution < 1.29 is 14.0 Å². The second-order valence-corrected chi connectivity index (χ2v) is 7.09. The summed E-state index contributed by atoms with van der Waals surface area (Å²) in [7, 11) is 0. The predicted molar refractivity (Wildman–Crippen MR) is 102 cm³/mol. The lowest BCUT2D eigenvalue weighted by atomic mass is 9.90. The van der Waals surface area contributed by atoms with Crippen molar-refractivity contribution in [2.45, 2.75) is 25.4 Å². The molecule has 2 aromatic carbocycles. The van der Waals surface area contributed by atoms with E-state index in [1.54, 1.807) is 23.1 Å². The van der Waals surface area contributed by atoms with E-state index >= 15 is 0 Å². The van der Waals surface area contributed by atoms with Crippen molar-refractivity contribution in [2.24, 2.45) is 0 Å². The molecule has 4 rings (SSSR count). The van der Waals surface area contributed by atoms with E-state index in [0.717, 1.165) is 11.3 Å². The monoisotopic (exact) mass is 367 g/mol. The van der Waals surface area contributed by atoms with Crippen LogP contribution < -0.4 is 10.8 Å². The van der Waals surface area contributed by atoms with E-state index in [4.69, 9.17) is 4.84 Å². The van der Waals surface area contributed by atoms with Gasteiger partial charge in [-0.2, -0.15) is 0 Å². The highest BCUT2D eigenvalue weighted by molar-refractivity contribution is 5.89. The van der Waals surface area contributed by atoms with E-state index in [-0.39, 0.29) is 11.7 Å². The molecule has 0 saturated carbocycles. The molecule has 0 radical (unpaired) electrons. The number of carbonyl (C=O) groups excluding carboxylic acids is 1. The molecule has 2 aromatic rings. The van der Waals surface area contributed by atoms with Crippen LogP contribution in [0.5, 0.6) is 0 Å². The lowest BCUT2D eigenvalue weighted by molar-refractivity contribution is -0.0634. The summed E-state index contributed by atoms with van der Waals surface area (Å²) in [5.41, 5.74) is 6.08. The maximum Gasteiger partial charge on any atom is 0.321 e. The first-order valence-electron chi connectivity index (χ1n) is 9.09. The first kappa shape index (κ1) is 17.5. The Hall–Kier alpha value is -2.86. The van der Waals surface area contributed by atoms with Gasteiger partial charge in [-0.1, -0.05) is 42.0 Å². The van der Waals surface area contributed by atoms with Crippen LogP contribution in [0.2, 0.25) is 0 Å². The second-order valence-electron chi connectivity index (χ2n) is 7.09. The van der Waals surface area contributed by atoms with Crippen LogP contribution in [0.25, 0.3) is 5.70 Å². The number of nitrogens with zero attached hydrogens (tertiary/aromatic N) is 1. The predicted octanol–water partition coefficient (Wildman–Crippen LogP) is 4.08. The Morgan fingerprint density at radius 1 is 1.15 bits per heavy atom. The molecule has 2 aliphatic heterocycles. The summed E-state index contributed by atoms with van der Waals surface area (Å²) >= 11 is 0. The number of amides is 2. The van der Waals surface area contributed by atoms with E-state index in [1.807, 2.05) is 0 Å². The molecule has 2 aliphatic rings. The van der Waals surface area contributed by atoms with Crippen LogP contribution in [-0.2, 0) is 4.84 Å². The zero-order valence-corrected chi connectivity index (χ0v) is 15.2. The molecule has 0 atom stereocenters. The maximum absolute atomic E-state index is 13.7. The minimum Gasteiger partial charge on any atom is -0.324 e. The Balaban J connectivity index is 1.39. The van der Waals surface area contributed by atoms with Crippen molar-refractivity contribution in [1.82, 2.24) is 10.4 Å². The number of nitrogens with one attached hydrogen (secondary N) is 2. The quantitative estimate of drug-likeness (QED) is 0.841. The van der Waals surface area contributed by atoms with Crippen molar-refractivity contribution >= 4 is 17.4 Å². The minimum atomic E-state index is -0.437. The summed E-state index contributed by atoms with van der Waals surface area (Å²) in [6.07, 6.45) is 3.48. The zero-order chi connectivity index (χ0) is 18.9. The first-order chi connectivity index (χ1) is 13.0. The van der Waals surface area contributed by atoms with E-state index in [1.165, 1.54) is 11.6 Å². The summed E-state index contributed by atoms with van der Waals surface area (Å²) in [6, 6.07) is 14.1. The van der Waals surface area contributed by atoms with E-state index in [2.05, 4.69) is 48.1 Å². The number of para-hydroxylation sites is 1. The molecule has 0 bridgehead atoms. The molecule has 0 unspecified atom stereocenters. The van der Waals surface area contributed by atoms with Crippen LogP contribution in [-0.4, -0.2) is 29.6 Å². The molecular weight excluding hydrogens is 345 g/mol. The van der Waals surface area contributed by atoms with Gasteiger partial charge in [-0.25, -0.2) is 9.18 Å². The van der Waals surface area contributed by atoms with Gasteiger partial charge in [-0.3, -0.25) is 10.3 Å². The zero-order valence-electron chi connectivity index (χ0n) is 15.2. The van der Waals surface area contributed by atoms with Crippen LogP contribution in [0.1, 0.15) is 24.0 Å². The third kappa shape index (κ3) is 3.66. The van der Waals surface area contributed by atoms with Crippen LogP contribution >= 0.6 is 0 Å². The van der Waals surface area contributed by atoms with Gasteiger partial charge >= 0.3 is 6.03 Å². The number of anilines is 1. The molecular formula is C21H22FN3O2. The van der Waals surface area contributed by atoms with Gasteiger partial charge in [0, 0.05) is 25.9 Å². The molecule has 2 heterocycles. The number of aryl methyl sites for hydroxylation is 1. The molecule has 27 heavy (non-hydrogen) atoms.